The molecule has 7 heteroatoms. The maximum absolute atomic E-state index is 5.83. The number of hydrogen-bond donors (Lipinski definition) is 2. The number of nitrogens with two attached hydrogens (primary N) is 1. The monoisotopic (exact) mass is 318 g/mol. The summed E-state index contributed by atoms with van der Waals surface area (Å²) in [5, 5.41) is 3.16. The Kier molecular flexibility index (Phi) is 3.63. The van der Waals surface area contributed by atoms with Crippen LogP contribution in [0.25, 0.3) is 0 Å². The first-order valence-corrected chi connectivity index (χ1v) is 6.39. The van der Waals surface area contributed by atoms with E-state index in [4.69, 9.17) is 17.3 Å². The molecule has 0 unspecified atom stereocenters. The molecule has 0 aliphatic carbocycles. The number of anilines is 2. The van der Waals surface area contributed by atoms with Gasteiger partial charge in [0.15, 0.2) is 0 Å². The fraction of sp³-hybridized carbons (Fsp3) is 0.111. The minimum absolute atomic E-state index is 0.418. The lowest BCUT2D eigenvalue weighted by molar-refractivity contribution is 1.09. The van der Waals surface area contributed by atoms with Crippen molar-refractivity contribution in [2.75, 3.05) is 11.1 Å². The van der Waals surface area contributed by atoms with Gasteiger partial charge in [0.2, 0.25) is 0 Å². The van der Waals surface area contributed by atoms with Gasteiger partial charge in [0.1, 0.15) is 22.4 Å². The van der Waals surface area contributed by atoms with Crippen LogP contribution in [0.1, 0.15) is 4.88 Å². The summed E-state index contributed by atoms with van der Waals surface area (Å²) in [7, 11) is 0. The van der Waals surface area contributed by atoms with E-state index in [-0.39, 0.29) is 0 Å². The number of nitrogens with one attached hydrogen (secondary N) is 1. The number of hydrogen-bond acceptors (Lipinski definition) is 5. The minimum atomic E-state index is 0.418. The lowest BCUT2D eigenvalue weighted by Gasteiger charge is -2.06. The van der Waals surface area contributed by atoms with Gasteiger partial charge in [-0.3, -0.25) is 0 Å². The Morgan fingerprint density at radius 3 is 2.94 bits per heavy atom. The SMILES string of the molecule is Nc1ncnc(NCc2ccc(Cl)s2)c1Br. The van der Waals surface area contributed by atoms with E-state index in [1.165, 1.54) is 17.7 Å². The van der Waals surface area contributed by atoms with Gasteiger partial charge in [0.05, 0.1) is 10.9 Å². The van der Waals surface area contributed by atoms with E-state index in [2.05, 4.69) is 31.2 Å². The summed E-state index contributed by atoms with van der Waals surface area (Å²) in [6.07, 6.45) is 1.42. The Balaban J connectivity index is 2.07. The quantitative estimate of drug-likeness (QED) is 0.912. The van der Waals surface area contributed by atoms with Crippen LogP contribution < -0.4 is 11.1 Å². The maximum atomic E-state index is 5.83. The molecular formula is C9H8BrClN4S. The van der Waals surface area contributed by atoms with E-state index in [9.17, 15) is 0 Å². The van der Waals surface area contributed by atoms with Gasteiger partial charge >= 0.3 is 0 Å². The number of nitrogen functional groups attached to an aromatic ring is 1. The van der Waals surface area contributed by atoms with E-state index in [0.717, 1.165) is 9.21 Å². The summed E-state index contributed by atoms with van der Waals surface area (Å²) in [6, 6.07) is 3.84. The van der Waals surface area contributed by atoms with Crippen LogP contribution in [0.3, 0.4) is 0 Å². The number of aromatic nitrogens is 2. The van der Waals surface area contributed by atoms with Gasteiger partial charge < -0.3 is 11.1 Å². The largest absolute Gasteiger partial charge is 0.383 e. The second kappa shape index (κ2) is 4.99. The molecule has 0 spiro atoms. The van der Waals surface area contributed by atoms with Crippen LogP contribution in [0.2, 0.25) is 4.34 Å². The molecule has 84 valence electrons. The van der Waals surface area contributed by atoms with E-state index < -0.39 is 0 Å². The number of rotatable bonds is 3. The zero-order chi connectivity index (χ0) is 11.5. The molecule has 2 aromatic rings. The molecule has 16 heavy (non-hydrogen) atoms. The third-order valence-electron chi connectivity index (χ3n) is 1.88. The predicted octanol–water partition coefficient (Wildman–Crippen LogP) is 3.15. The molecule has 0 saturated heterocycles. The molecule has 0 radical (unpaired) electrons. The highest BCUT2D eigenvalue weighted by Gasteiger charge is 2.05. The second-order valence-electron chi connectivity index (χ2n) is 2.98. The highest BCUT2D eigenvalue weighted by atomic mass is 79.9. The van der Waals surface area contributed by atoms with Crippen LogP contribution in [-0.2, 0) is 6.54 Å². The third kappa shape index (κ3) is 2.63. The third-order valence-corrected chi connectivity index (χ3v) is 3.89. The Labute approximate surface area is 110 Å². The van der Waals surface area contributed by atoms with Gasteiger partial charge in [-0.25, -0.2) is 9.97 Å². The smallest absolute Gasteiger partial charge is 0.146 e. The van der Waals surface area contributed by atoms with Crippen molar-refractivity contribution in [1.82, 2.24) is 9.97 Å². The maximum Gasteiger partial charge on any atom is 0.146 e. The van der Waals surface area contributed by atoms with E-state index in [0.29, 0.717) is 22.7 Å². The zero-order valence-electron chi connectivity index (χ0n) is 8.08. The van der Waals surface area contributed by atoms with Crippen LogP contribution >= 0.6 is 38.9 Å². The topological polar surface area (TPSA) is 63.8 Å². The highest BCUT2D eigenvalue weighted by molar-refractivity contribution is 9.10. The van der Waals surface area contributed by atoms with Crippen molar-refractivity contribution in [2.45, 2.75) is 6.54 Å². The lowest BCUT2D eigenvalue weighted by atomic mass is 10.4. The normalized spacial score (nSPS) is 10.4. The van der Waals surface area contributed by atoms with Crippen LogP contribution in [-0.4, -0.2) is 9.97 Å². The van der Waals surface area contributed by atoms with Gasteiger partial charge in [0.25, 0.3) is 0 Å². The van der Waals surface area contributed by atoms with Crippen molar-refractivity contribution in [2.24, 2.45) is 0 Å². The molecule has 0 aliphatic heterocycles. The van der Waals surface area contributed by atoms with Crippen molar-refractivity contribution in [3.8, 4) is 0 Å². The fourth-order valence-electron chi connectivity index (χ4n) is 1.12. The summed E-state index contributed by atoms with van der Waals surface area (Å²) >= 11 is 10.7. The second-order valence-corrected chi connectivity index (χ2v) is 5.57. The molecule has 0 bridgehead atoms. The molecule has 0 atom stereocenters. The van der Waals surface area contributed by atoms with Crippen molar-refractivity contribution < 1.29 is 0 Å². The lowest BCUT2D eigenvalue weighted by Crippen LogP contribution is -2.03. The highest BCUT2D eigenvalue weighted by Crippen LogP contribution is 2.26. The predicted molar refractivity (Wildman–Crippen MR) is 70.8 cm³/mol. The Hall–Kier alpha value is -0.850. The Bertz CT molecular complexity index is 502. The van der Waals surface area contributed by atoms with Crippen molar-refractivity contribution in [3.63, 3.8) is 0 Å². The van der Waals surface area contributed by atoms with Crippen LogP contribution in [0, 0.1) is 0 Å². The Morgan fingerprint density at radius 1 is 1.44 bits per heavy atom. The summed E-state index contributed by atoms with van der Waals surface area (Å²) in [5.41, 5.74) is 5.64. The molecular weight excluding hydrogens is 312 g/mol. The van der Waals surface area contributed by atoms with Gasteiger partial charge in [-0.05, 0) is 28.1 Å². The summed E-state index contributed by atoms with van der Waals surface area (Å²) in [6.45, 7) is 0.659. The van der Waals surface area contributed by atoms with Crippen molar-refractivity contribution in [3.05, 3.63) is 32.1 Å². The number of thiophene rings is 1. The molecule has 0 aliphatic rings. The minimum Gasteiger partial charge on any atom is -0.383 e. The van der Waals surface area contributed by atoms with Crippen LogP contribution in [0.4, 0.5) is 11.6 Å². The first kappa shape index (κ1) is 11.6. The van der Waals surface area contributed by atoms with Gasteiger partial charge in [-0.1, -0.05) is 11.6 Å². The molecule has 2 heterocycles. The summed E-state index contributed by atoms with van der Waals surface area (Å²) in [4.78, 5) is 9.08. The Morgan fingerprint density at radius 2 is 2.25 bits per heavy atom. The van der Waals surface area contributed by atoms with E-state index >= 15 is 0 Å². The van der Waals surface area contributed by atoms with Gasteiger partial charge in [-0.2, -0.15) is 0 Å². The van der Waals surface area contributed by atoms with Crippen molar-refractivity contribution >= 4 is 50.5 Å². The fourth-order valence-corrected chi connectivity index (χ4v) is 2.50. The standard InChI is InChI=1S/C9H8BrClN4S/c10-7-8(12)14-4-15-9(7)13-3-5-1-2-6(11)16-5/h1-2,4H,3H2,(H3,12,13,14,15). The average molecular weight is 320 g/mol. The van der Waals surface area contributed by atoms with Gasteiger partial charge in [0, 0.05) is 4.88 Å². The molecule has 3 N–H and O–H groups in total. The van der Waals surface area contributed by atoms with Crippen LogP contribution in [0.5, 0.6) is 0 Å². The molecule has 0 aromatic carbocycles. The molecule has 0 saturated carbocycles. The number of halogens is 2. The van der Waals surface area contributed by atoms with Crippen molar-refractivity contribution in [1.29, 1.82) is 0 Å². The van der Waals surface area contributed by atoms with E-state index in [1.54, 1.807) is 0 Å². The van der Waals surface area contributed by atoms with Crippen LogP contribution in [0.15, 0.2) is 22.9 Å². The number of nitrogens with zero attached hydrogens (tertiary/aromatic N) is 2. The molecule has 0 amide bonds. The van der Waals surface area contributed by atoms with E-state index in [1.807, 2.05) is 12.1 Å². The first-order valence-electron chi connectivity index (χ1n) is 4.41. The first-order chi connectivity index (χ1) is 7.66. The molecule has 2 rings (SSSR count). The zero-order valence-corrected chi connectivity index (χ0v) is 11.2. The van der Waals surface area contributed by atoms with Gasteiger partial charge in [-0.15, -0.1) is 11.3 Å². The summed E-state index contributed by atoms with van der Waals surface area (Å²) < 4.78 is 1.45. The summed E-state index contributed by atoms with van der Waals surface area (Å²) in [5.74, 6) is 1.10. The molecule has 2 aromatic heterocycles. The average Bonchev–Trinajstić information content (AvgIpc) is 2.67. The molecule has 4 nitrogen and oxygen atoms in total. The molecule has 0 fully saturated rings.